The number of rotatable bonds is 4. The summed E-state index contributed by atoms with van der Waals surface area (Å²) in [5.74, 6) is 5.33. The number of nitrogens with one attached hydrogen (secondary N) is 3. The van der Waals surface area contributed by atoms with Crippen LogP contribution in [0.2, 0.25) is 0 Å². The number of carbonyl (C=O) groups excluding carboxylic acids is 3. The molecule has 2 aromatic carbocycles. The van der Waals surface area contributed by atoms with Gasteiger partial charge in [0.15, 0.2) is 0 Å². The topological polar surface area (TPSA) is 99.8 Å². The first-order chi connectivity index (χ1) is 17.0. The van der Waals surface area contributed by atoms with E-state index in [9.17, 15) is 14.4 Å². The maximum absolute atomic E-state index is 13.0. The molecule has 4 rings (SSSR count). The molecule has 1 unspecified atom stereocenters. The number of hydrogen-bond donors (Lipinski definition) is 3. The molecule has 8 heteroatoms. The second-order valence-corrected chi connectivity index (χ2v) is 8.72. The van der Waals surface area contributed by atoms with Crippen LogP contribution in [0, 0.1) is 17.8 Å². The number of carbonyl (C=O) groups is 3. The third kappa shape index (κ3) is 6.40. The van der Waals surface area contributed by atoms with E-state index < -0.39 is 17.9 Å². The van der Waals surface area contributed by atoms with Crippen LogP contribution in [0.15, 0.2) is 48.5 Å². The number of fused-ring (bicyclic) bond motifs is 1. The average Bonchev–Trinajstić information content (AvgIpc) is 3.00. The van der Waals surface area contributed by atoms with Crippen molar-refractivity contribution in [3.05, 3.63) is 59.7 Å². The van der Waals surface area contributed by atoms with Crippen LogP contribution >= 0.6 is 0 Å². The molecule has 8 nitrogen and oxygen atoms in total. The SMILES string of the molecule is CN1C(=O)[C@@H](NC(=O)C(=O)NCCc2ccccc2)COc2ccc(C#CC3CCCNC3)cc21. The molecule has 0 spiro atoms. The molecule has 1 saturated heterocycles. The molecule has 35 heavy (non-hydrogen) atoms. The zero-order valence-electron chi connectivity index (χ0n) is 19.8. The highest BCUT2D eigenvalue weighted by Crippen LogP contribution is 2.31. The largest absolute Gasteiger partial charge is 0.489 e. The lowest BCUT2D eigenvalue weighted by atomic mass is 10.00. The van der Waals surface area contributed by atoms with Crippen LogP contribution in [-0.2, 0) is 20.8 Å². The predicted octanol–water partition coefficient (Wildman–Crippen LogP) is 1.24. The van der Waals surface area contributed by atoms with Crippen LogP contribution in [-0.4, -0.2) is 57.1 Å². The second kappa shape index (κ2) is 11.5. The van der Waals surface area contributed by atoms with Crippen molar-refractivity contribution in [2.24, 2.45) is 5.92 Å². The van der Waals surface area contributed by atoms with Gasteiger partial charge in [-0.05, 0) is 49.6 Å². The molecule has 2 heterocycles. The monoisotopic (exact) mass is 474 g/mol. The standard InChI is InChI=1S/C27H30N4O4/c1-31-23-16-20(9-10-21-8-5-14-28-17-21)11-12-24(23)35-18-22(27(31)34)30-26(33)25(32)29-15-13-19-6-3-2-4-7-19/h2-4,6-7,11-12,16,21-22,28H,5,8,13-15,17-18H2,1H3,(H,29,32)(H,30,33)/t21?,22-/m0/s1. The van der Waals surface area contributed by atoms with Crippen LogP contribution in [0.5, 0.6) is 5.75 Å². The van der Waals surface area contributed by atoms with Crippen molar-refractivity contribution in [2.75, 3.05) is 38.2 Å². The van der Waals surface area contributed by atoms with E-state index in [4.69, 9.17) is 4.74 Å². The second-order valence-electron chi connectivity index (χ2n) is 8.72. The summed E-state index contributed by atoms with van der Waals surface area (Å²) in [6.07, 6.45) is 2.80. The predicted molar refractivity (Wildman–Crippen MR) is 133 cm³/mol. The number of nitrogens with zero attached hydrogens (tertiary/aromatic N) is 1. The highest BCUT2D eigenvalue weighted by atomic mass is 16.5. The van der Waals surface area contributed by atoms with Gasteiger partial charge in [-0.3, -0.25) is 14.4 Å². The van der Waals surface area contributed by atoms with Crippen LogP contribution in [0.3, 0.4) is 0 Å². The molecule has 3 N–H and O–H groups in total. The van der Waals surface area contributed by atoms with Gasteiger partial charge in [-0.15, -0.1) is 0 Å². The lowest BCUT2D eigenvalue weighted by Crippen LogP contribution is -2.53. The summed E-state index contributed by atoms with van der Waals surface area (Å²) in [5, 5.41) is 8.45. The van der Waals surface area contributed by atoms with E-state index in [0.29, 0.717) is 30.3 Å². The molecular weight excluding hydrogens is 444 g/mol. The van der Waals surface area contributed by atoms with Crippen LogP contribution in [0.25, 0.3) is 0 Å². The minimum atomic E-state index is -0.984. The van der Waals surface area contributed by atoms with Gasteiger partial charge in [0.2, 0.25) is 0 Å². The quantitative estimate of drug-likeness (QED) is 0.457. The molecule has 3 amide bonds. The number of piperidine rings is 1. The van der Waals surface area contributed by atoms with Gasteiger partial charge in [-0.1, -0.05) is 42.2 Å². The summed E-state index contributed by atoms with van der Waals surface area (Å²) in [7, 11) is 1.62. The molecular formula is C27H30N4O4. The van der Waals surface area contributed by atoms with E-state index in [2.05, 4.69) is 27.8 Å². The number of hydrogen-bond acceptors (Lipinski definition) is 5. The van der Waals surface area contributed by atoms with E-state index in [0.717, 1.165) is 37.1 Å². The van der Waals surface area contributed by atoms with E-state index >= 15 is 0 Å². The fourth-order valence-electron chi connectivity index (χ4n) is 4.11. The van der Waals surface area contributed by atoms with Gasteiger partial charge in [0.25, 0.3) is 5.91 Å². The van der Waals surface area contributed by atoms with Gasteiger partial charge in [-0.2, -0.15) is 0 Å². The number of ether oxygens (including phenoxy) is 1. The first-order valence-electron chi connectivity index (χ1n) is 11.9. The molecule has 0 radical (unpaired) electrons. The molecule has 0 saturated carbocycles. The smallest absolute Gasteiger partial charge is 0.310 e. The van der Waals surface area contributed by atoms with Gasteiger partial charge in [0.05, 0.1) is 5.69 Å². The fraction of sp³-hybridized carbons (Fsp3) is 0.370. The van der Waals surface area contributed by atoms with Crippen molar-refractivity contribution < 1.29 is 19.1 Å². The number of amides is 3. The number of benzene rings is 2. The van der Waals surface area contributed by atoms with E-state index in [1.54, 1.807) is 13.1 Å². The van der Waals surface area contributed by atoms with E-state index in [1.807, 2.05) is 42.5 Å². The van der Waals surface area contributed by atoms with Gasteiger partial charge in [0.1, 0.15) is 18.4 Å². The summed E-state index contributed by atoms with van der Waals surface area (Å²) < 4.78 is 5.80. The molecule has 2 atom stereocenters. The minimum Gasteiger partial charge on any atom is -0.489 e. The Kier molecular flexibility index (Phi) is 8.01. The Morgan fingerprint density at radius 2 is 2.00 bits per heavy atom. The summed E-state index contributed by atoms with van der Waals surface area (Å²) in [5.41, 5.74) is 2.42. The first-order valence-corrected chi connectivity index (χ1v) is 11.9. The van der Waals surface area contributed by atoms with Gasteiger partial charge in [0, 0.05) is 31.6 Å². The lowest BCUT2D eigenvalue weighted by molar-refractivity contribution is -0.140. The van der Waals surface area contributed by atoms with Gasteiger partial charge < -0.3 is 25.6 Å². The molecule has 0 bridgehead atoms. The minimum absolute atomic E-state index is 0.0715. The van der Waals surface area contributed by atoms with Crippen molar-refractivity contribution in [3.63, 3.8) is 0 Å². The normalized spacial score (nSPS) is 19.3. The lowest BCUT2D eigenvalue weighted by Gasteiger charge is -2.20. The molecule has 2 aliphatic rings. The molecule has 0 aliphatic carbocycles. The van der Waals surface area contributed by atoms with Crippen molar-refractivity contribution >= 4 is 23.4 Å². The van der Waals surface area contributed by atoms with Gasteiger partial charge >= 0.3 is 11.8 Å². The Bertz CT molecular complexity index is 1130. The number of likely N-dealkylation sites (N-methyl/N-ethyl adjacent to an activating group) is 1. The summed E-state index contributed by atoms with van der Waals surface area (Å²) in [6, 6.07) is 14.1. The van der Waals surface area contributed by atoms with E-state index in [-0.39, 0.29) is 12.5 Å². The maximum Gasteiger partial charge on any atom is 0.310 e. The fourth-order valence-corrected chi connectivity index (χ4v) is 4.11. The summed E-state index contributed by atoms with van der Waals surface area (Å²) >= 11 is 0. The zero-order valence-corrected chi connectivity index (χ0v) is 19.8. The zero-order chi connectivity index (χ0) is 24.6. The van der Waals surface area contributed by atoms with Crippen molar-refractivity contribution in [2.45, 2.75) is 25.3 Å². The van der Waals surface area contributed by atoms with Crippen molar-refractivity contribution in [3.8, 4) is 17.6 Å². The van der Waals surface area contributed by atoms with E-state index in [1.165, 1.54) is 4.90 Å². The molecule has 2 aliphatic heterocycles. The van der Waals surface area contributed by atoms with Crippen molar-refractivity contribution in [1.82, 2.24) is 16.0 Å². The Labute approximate surface area is 205 Å². The Balaban J connectivity index is 1.35. The highest BCUT2D eigenvalue weighted by molar-refractivity contribution is 6.35. The molecule has 1 fully saturated rings. The van der Waals surface area contributed by atoms with Crippen LogP contribution < -0.4 is 25.6 Å². The maximum atomic E-state index is 13.0. The van der Waals surface area contributed by atoms with Crippen LogP contribution in [0.1, 0.15) is 24.0 Å². The third-order valence-corrected chi connectivity index (χ3v) is 6.13. The van der Waals surface area contributed by atoms with Crippen molar-refractivity contribution in [1.29, 1.82) is 0 Å². The number of anilines is 1. The summed E-state index contributed by atoms with van der Waals surface area (Å²) in [4.78, 5) is 39.1. The highest BCUT2D eigenvalue weighted by Gasteiger charge is 2.32. The Morgan fingerprint density at radius 3 is 2.77 bits per heavy atom. The third-order valence-electron chi connectivity index (χ3n) is 6.13. The molecule has 182 valence electrons. The molecule has 0 aromatic heterocycles. The molecule has 2 aromatic rings. The Morgan fingerprint density at radius 1 is 1.17 bits per heavy atom. The Hall–Kier alpha value is -3.83. The average molecular weight is 475 g/mol. The summed E-state index contributed by atoms with van der Waals surface area (Å²) in [6.45, 7) is 2.17. The van der Waals surface area contributed by atoms with Gasteiger partial charge in [-0.25, -0.2) is 0 Å². The first kappa shape index (κ1) is 24.3. The van der Waals surface area contributed by atoms with Crippen LogP contribution in [0.4, 0.5) is 5.69 Å².